The van der Waals surface area contributed by atoms with E-state index in [4.69, 9.17) is 16.3 Å². The van der Waals surface area contributed by atoms with Gasteiger partial charge in [-0.05, 0) is 39.2 Å². The minimum atomic E-state index is -0.196. The molecule has 1 fully saturated rings. The third kappa shape index (κ3) is 3.71. The molecule has 0 bridgehead atoms. The minimum absolute atomic E-state index is 0.0243. The van der Waals surface area contributed by atoms with Gasteiger partial charge in [-0.25, -0.2) is 0 Å². The summed E-state index contributed by atoms with van der Waals surface area (Å²) in [7, 11) is 0. The zero-order valence-electron chi connectivity index (χ0n) is 12.1. The summed E-state index contributed by atoms with van der Waals surface area (Å²) in [5.74, 6) is 0.549. The van der Waals surface area contributed by atoms with E-state index in [2.05, 4.69) is 50.4 Å². The number of hydrogen-bond donors (Lipinski definition) is 1. The van der Waals surface area contributed by atoms with Crippen molar-refractivity contribution >= 4 is 11.6 Å². The highest BCUT2D eigenvalue weighted by molar-refractivity contribution is 6.18. The molecule has 2 nitrogen and oxygen atoms in total. The largest absolute Gasteiger partial charge is 0.371 e. The molecule has 1 aromatic rings. The van der Waals surface area contributed by atoms with Crippen LogP contribution in [0.3, 0.4) is 0 Å². The maximum absolute atomic E-state index is 6.18. The fraction of sp³-hybridized carbons (Fsp3) is 0.625. The van der Waals surface area contributed by atoms with E-state index in [0.717, 1.165) is 19.4 Å². The molecule has 2 atom stereocenters. The smallest absolute Gasteiger partial charge is 0.0708 e. The van der Waals surface area contributed by atoms with Crippen molar-refractivity contribution in [3.63, 3.8) is 0 Å². The lowest BCUT2D eigenvalue weighted by atomic mass is 9.94. The van der Waals surface area contributed by atoms with Crippen LogP contribution in [0, 0.1) is 0 Å². The van der Waals surface area contributed by atoms with E-state index in [-0.39, 0.29) is 11.1 Å². The highest BCUT2D eigenvalue weighted by Crippen LogP contribution is 2.30. The van der Waals surface area contributed by atoms with Crippen molar-refractivity contribution in [2.24, 2.45) is 0 Å². The molecule has 0 radical (unpaired) electrons. The Balaban J connectivity index is 1.96. The second kappa shape index (κ2) is 5.82. The predicted octanol–water partition coefficient (Wildman–Crippen LogP) is 3.69. The van der Waals surface area contributed by atoms with Crippen molar-refractivity contribution in [1.82, 2.24) is 5.32 Å². The molecule has 2 rings (SSSR count). The fourth-order valence-electron chi connectivity index (χ4n) is 2.59. The highest BCUT2D eigenvalue weighted by Gasteiger charge is 2.33. The third-order valence-electron chi connectivity index (χ3n) is 3.95. The third-order valence-corrected chi connectivity index (χ3v) is 4.49. The van der Waals surface area contributed by atoms with Gasteiger partial charge in [-0.3, -0.25) is 0 Å². The monoisotopic (exact) mass is 281 g/mol. The molecule has 1 heterocycles. The van der Waals surface area contributed by atoms with Crippen LogP contribution in [0.25, 0.3) is 0 Å². The Kier molecular flexibility index (Phi) is 4.54. The first-order valence-electron chi connectivity index (χ1n) is 6.99. The zero-order valence-corrected chi connectivity index (χ0v) is 12.8. The van der Waals surface area contributed by atoms with E-state index in [1.165, 1.54) is 5.56 Å². The number of alkyl halides is 1. The SMILES string of the molecule is CC1(C)CCC(CNC(C)(CCl)c2ccccc2)O1. The van der Waals surface area contributed by atoms with Crippen molar-refractivity contribution in [1.29, 1.82) is 0 Å². The van der Waals surface area contributed by atoms with Crippen LogP contribution in [-0.2, 0) is 10.3 Å². The van der Waals surface area contributed by atoms with Gasteiger partial charge < -0.3 is 10.1 Å². The molecule has 0 saturated carbocycles. The number of benzene rings is 1. The predicted molar refractivity (Wildman–Crippen MR) is 80.7 cm³/mol. The van der Waals surface area contributed by atoms with E-state index in [0.29, 0.717) is 12.0 Å². The Labute approximate surface area is 121 Å². The molecule has 1 N–H and O–H groups in total. The second-order valence-corrected chi connectivity index (χ2v) is 6.52. The average Bonchev–Trinajstić information content (AvgIpc) is 2.77. The summed E-state index contributed by atoms with van der Waals surface area (Å²) in [6, 6.07) is 10.4. The lowest BCUT2D eigenvalue weighted by molar-refractivity contribution is -0.0165. The first-order valence-corrected chi connectivity index (χ1v) is 7.53. The number of nitrogens with one attached hydrogen (secondary N) is 1. The highest BCUT2D eigenvalue weighted by atomic mass is 35.5. The van der Waals surface area contributed by atoms with Crippen LogP contribution in [0.15, 0.2) is 30.3 Å². The minimum Gasteiger partial charge on any atom is -0.371 e. The van der Waals surface area contributed by atoms with E-state index in [1.54, 1.807) is 0 Å². The van der Waals surface area contributed by atoms with Gasteiger partial charge >= 0.3 is 0 Å². The summed E-state index contributed by atoms with van der Waals surface area (Å²) in [6.45, 7) is 7.31. The molecule has 1 saturated heterocycles. The summed E-state index contributed by atoms with van der Waals surface area (Å²) in [5.41, 5.74) is 1.05. The Morgan fingerprint density at radius 3 is 2.58 bits per heavy atom. The Morgan fingerprint density at radius 2 is 2.05 bits per heavy atom. The van der Waals surface area contributed by atoms with Crippen LogP contribution in [0.2, 0.25) is 0 Å². The number of halogens is 1. The van der Waals surface area contributed by atoms with Gasteiger partial charge in [0, 0.05) is 12.4 Å². The first-order chi connectivity index (χ1) is 8.95. The molecule has 19 heavy (non-hydrogen) atoms. The van der Waals surface area contributed by atoms with Crippen LogP contribution in [0.4, 0.5) is 0 Å². The zero-order chi connectivity index (χ0) is 13.9. The van der Waals surface area contributed by atoms with E-state index >= 15 is 0 Å². The maximum atomic E-state index is 6.18. The van der Waals surface area contributed by atoms with E-state index in [1.807, 2.05) is 6.07 Å². The number of ether oxygens (including phenoxy) is 1. The molecule has 1 aromatic carbocycles. The van der Waals surface area contributed by atoms with Crippen LogP contribution < -0.4 is 5.32 Å². The second-order valence-electron chi connectivity index (χ2n) is 6.25. The maximum Gasteiger partial charge on any atom is 0.0708 e. The lowest BCUT2D eigenvalue weighted by Crippen LogP contribution is -2.45. The van der Waals surface area contributed by atoms with Gasteiger partial charge in [0.15, 0.2) is 0 Å². The van der Waals surface area contributed by atoms with Gasteiger partial charge in [-0.1, -0.05) is 30.3 Å². The van der Waals surface area contributed by atoms with Crippen LogP contribution in [-0.4, -0.2) is 24.1 Å². The van der Waals surface area contributed by atoms with Gasteiger partial charge in [-0.2, -0.15) is 0 Å². The van der Waals surface area contributed by atoms with Gasteiger partial charge in [-0.15, -0.1) is 11.6 Å². The summed E-state index contributed by atoms with van der Waals surface area (Å²) in [4.78, 5) is 0. The first kappa shape index (κ1) is 14.8. The van der Waals surface area contributed by atoms with Crippen LogP contribution >= 0.6 is 11.6 Å². The standard InChI is InChI=1S/C16H24ClNO/c1-15(2)10-9-14(19-15)11-18-16(3,12-17)13-7-5-4-6-8-13/h4-8,14,18H,9-12H2,1-3H3. The summed E-state index contributed by atoms with van der Waals surface area (Å²) < 4.78 is 6.02. The van der Waals surface area contributed by atoms with E-state index in [9.17, 15) is 0 Å². The molecule has 0 spiro atoms. The summed E-state index contributed by atoms with van der Waals surface area (Å²) >= 11 is 6.18. The topological polar surface area (TPSA) is 21.3 Å². The molecule has 0 amide bonds. The quantitative estimate of drug-likeness (QED) is 0.831. The Morgan fingerprint density at radius 1 is 1.37 bits per heavy atom. The van der Waals surface area contributed by atoms with Crippen LogP contribution in [0.5, 0.6) is 0 Å². The van der Waals surface area contributed by atoms with Gasteiger partial charge in [0.05, 0.1) is 17.2 Å². The van der Waals surface area contributed by atoms with Crippen molar-refractivity contribution in [3.8, 4) is 0 Å². The van der Waals surface area contributed by atoms with Gasteiger partial charge in [0.1, 0.15) is 0 Å². The van der Waals surface area contributed by atoms with E-state index < -0.39 is 0 Å². The molecule has 3 heteroatoms. The average molecular weight is 282 g/mol. The molecular weight excluding hydrogens is 258 g/mol. The molecule has 106 valence electrons. The molecule has 0 aromatic heterocycles. The summed E-state index contributed by atoms with van der Waals surface area (Å²) in [5, 5.41) is 3.58. The molecule has 2 unspecified atom stereocenters. The molecule has 1 aliphatic heterocycles. The molecule has 0 aliphatic carbocycles. The van der Waals surface area contributed by atoms with Crippen LogP contribution in [0.1, 0.15) is 39.2 Å². The lowest BCUT2D eigenvalue weighted by Gasteiger charge is -2.31. The number of rotatable bonds is 5. The van der Waals surface area contributed by atoms with Gasteiger partial charge in [0.2, 0.25) is 0 Å². The van der Waals surface area contributed by atoms with Crippen molar-refractivity contribution in [2.45, 2.75) is 50.9 Å². The summed E-state index contributed by atoms with van der Waals surface area (Å²) in [6.07, 6.45) is 2.54. The molecular formula is C16H24ClNO. The van der Waals surface area contributed by atoms with Crippen molar-refractivity contribution < 1.29 is 4.74 Å². The Bertz CT molecular complexity index is 406. The normalized spacial score (nSPS) is 25.2. The van der Waals surface area contributed by atoms with Crippen molar-refractivity contribution in [2.75, 3.05) is 12.4 Å². The molecule has 1 aliphatic rings. The van der Waals surface area contributed by atoms with Crippen molar-refractivity contribution in [3.05, 3.63) is 35.9 Å². The Hall–Kier alpha value is -0.570. The number of hydrogen-bond acceptors (Lipinski definition) is 2. The fourth-order valence-corrected chi connectivity index (χ4v) is 2.84. The van der Waals surface area contributed by atoms with Gasteiger partial charge in [0.25, 0.3) is 0 Å².